The van der Waals surface area contributed by atoms with Gasteiger partial charge in [0, 0.05) is 19.2 Å². The molecule has 0 aliphatic rings. The van der Waals surface area contributed by atoms with E-state index in [1.54, 1.807) is 14.0 Å². The molecule has 0 spiro atoms. The standard InChI is InChI=1S/C11H14N6O3/c1-7-12-8(14-13-7)5-16(2)11(20)6-17-10(19)4-3-9(18)15-17/h3-4H,5-6H2,1-2H3,(H,15,18)(H,12,13,14). The van der Waals surface area contributed by atoms with Crippen LogP contribution in [0, 0.1) is 6.92 Å². The summed E-state index contributed by atoms with van der Waals surface area (Å²) in [5, 5.41) is 8.89. The SMILES string of the molecule is Cc1nc(CN(C)C(=O)Cn2[nH]c(=O)ccc2=O)n[nH]1. The van der Waals surface area contributed by atoms with Gasteiger partial charge in [-0.2, -0.15) is 5.10 Å². The smallest absolute Gasteiger partial charge is 0.265 e. The van der Waals surface area contributed by atoms with Gasteiger partial charge in [0.1, 0.15) is 12.4 Å². The number of H-pyrrole nitrogens is 2. The molecule has 9 heteroatoms. The normalized spacial score (nSPS) is 10.5. The van der Waals surface area contributed by atoms with Crippen molar-refractivity contribution in [3.63, 3.8) is 0 Å². The first kappa shape index (κ1) is 13.7. The summed E-state index contributed by atoms with van der Waals surface area (Å²) in [6.07, 6.45) is 0. The molecule has 2 aromatic rings. The predicted molar refractivity (Wildman–Crippen MR) is 68.9 cm³/mol. The maximum Gasteiger partial charge on any atom is 0.265 e. The summed E-state index contributed by atoms with van der Waals surface area (Å²) in [6, 6.07) is 2.23. The zero-order valence-corrected chi connectivity index (χ0v) is 11.1. The summed E-state index contributed by atoms with van der Waals surface area (Å²) in [7, 11) is 1.57. The molecule has 0 atom stereocenters. The third-order valence-corrected chi connectivity index (χ3v) is 2.63. The predicted octanol–water partition coefficient (Wildman–Crippen LogP) is -1.38. The molecule has 0 radical (unpaired) electrons. The molecule has 2 aromatic heterocycles. The molecule has 2 heterocycles. The minimum atomic E-state index is -0.444. The molecule has 0 aliphatic carbocycles. The van der Waals surface area contributed by atoms with Crippen LogP contribution < -0.4 is 11.1 Å². The second-order valence-corrected chi connectivity index (χ2v) is 4.32. The quantitative estimate of drug-likeness (QED) is 0.715. The number of nitrogens with one attached hydrogen (secondary N) is 2. The number of hydrogen-bond acceptors (Lipinski definition) is 5. The van der Waals surface area contributed by atoms with Crippen LogP contribution in [0.4, 0.5) is 0 Å². The topological polar surface area (TPSA) is 117 Å². The molecule has 0 bridgehead atoms. The molecule has 0 saturated heterocycles. The first-order valence-electron chi connectivity index (χ1n) is 5.88. The molecule has 106 valence electrons. The Morgan fingerprint density at radius 2 is 2.15 bits per heavy atom. The van der Waals surface area contributed by atoms with Crippen LogP contribution in [0.2, 0.25) is 0 Å². The van der Waals surface area contributed by atoms with Crippen molar-refractivity contribution in [2.24, 2.45) is 0 Å². The van der Waals surface area contributed by atoms with Crippen LogP contribution >= 0.6 is 0 Å². The number of amides is 1. The van der Waals surface area contributed by atoms with Crippen LogP contribution in [0.25, 0.3) is 0 Å². The molecule has 0 aromatic carbocycles. The van der Waals surface area contributed by atoms with E-state index in [9.17, 15) is 14.4 Å². The van der Waals surface area contributed by atoms with E-state index in [-0.39, 0.29) is 19.0 Å². The van der Waals surface area contributed by atoms with Gasteiger partial charge in [-0.25, -0.2) is 9.67 Å². The molecular weight excluding hydrogens is 264 g/mol. The van der Waals surface area contributed by atoms with Crippen LogP contribution in [0.1, 0.15) is 11.6 Å². The maximum absolute atomic E-state index is 12.0. The van der Waals surface area contributed by atoms with Crippen molar-refractivity contribution in [3.05, 3.63) is 44.5 Å². The fraction of sp³-hybridized carbons (Fsp3) is 0.364. The average molecular weight is 278 g/mol. The van der Waals surface area contributed by atoms with Crippen LogP contribution in [-0.2, 0) is 17.9 Å². The third-order valence-electron chi connectivity index (χ3n) is 2.63. The number of carbonyl (C=O) groups is 1. The maximum atomic E-state index is 12.0. The van der Waals surface area contributed by atoms with Gasteiger partial charge in [0.25, 0.3) is 11.1 Å². The Labute approximate surface area is 113 Å². The summed E-state index contributed by atoms with van der Waals surface area (Å²) in [5.74, 6) is 0.799. The number of aromatic amines is 2. The molecule has 20 heavy (non-hydrogen) atoms. The third kappa shape index (κ3) is 3.19. The number of hydrogen-bond donors (Lipinski definition) is 2. The first-order chi connectivity index (χ1) is 9.45. The highest BCUT2D eigenvalue weighted by Crippen LogP contribution is 1.97. The fourth-order valence-electron chi connectivity index (χ4n) is 1.60. The van der Waals surface area contributed by atoms with E-state index in [0.29, 0.717) is 11.6 Å². The number of rotatable bonds is 4. The van der Waals surface area contributed by atoms with Gasteiger partial charge >= 0.3 is 0 Å². The lowest BCUT2D eigenvalue weighted by molar-refractivity contribution is -0.131. The van der Waals surface area contributed by atoms with Gasteiger partial charge in [-0.3, -0.25) is 24.6 Å². The van der Waals surface area contributed by atoms with Crippen molar-refractivity contribution >= 4 is 5.91 Å². The summed E-state index contributed by atoms with van der Waals surface area (Å²) in [6.45, 7) is 1.73. The zero-order chi connectivity index (χ0) is 14.7. The second-order valence-electron chi connectivity index (χ2n) is 4.32. The van der Waals surface area contributed by atoms with Crippen LogP contribution in [0.15, 0.2) is 21.7 Å². The summed E-state index contributed by atoms with van der Waals surface area (Å²) < 4.78 is 0.963. The number of carbonyl (C=O) groups excluding carboxylic acids is 1. The number of aryl methyl sites for hydroxylation is 1. The Kier molecular flexibility index (Phi) is 3.78. The number of aromatic nitrogens is 5. The summed E-state index contributed by atoms with van der Waals surface area (Å²) in [5.41, 5.74) is -0.885. The van der Waals surface area contributed by atoms with Gasteiger partial charge in [-0.15, -0.1) is 0 Å². The first-order valence-corrected chi connectivity index (χ1v) is 5.88. The lowest BCUT2D eigenvalue weighted by Gasteiger charge is -2.15. The van der Waals surface area contributed by atoms with Gasteiger partial charge in [0.2, 0.25) is 5.91 Å². The van der Waals surface area contributed by atoms with E-state index in [1.165, 1.54) is 4.90 Å². The van der Waals surface area contributed by atoms with Gasteiger partial charge in [0.05, 0.1) is 6.54 Å². The van der Waals surface area contributed by atoms with Crippen molar-refractivity contribution in [2.75, 3.05) is 7.05 Å². The Bertz CT molecular complexity index is 728. The van der Waals surface area contributed by atoms with Gasteiger partial charge in [-0.05, 0) is 6.92 Å². The molecule has 0 fully saturated rings. The molecular formula is C11H14N6O3. The molecule has 2 N–H and O–H groups in total. The van der Waals surface area contributed by atoms with Crippen molar-refractivity contribution in [2.45, 2.75) is 20.0 Å². The molecule has 1 amide bonds. The van der Waals surface area contributed by atoms with Gasteiger partial charge in [0.15, 0.2) is 5.82 Å². The molecule has 9 nitrogen and oxygen atoms in total. The Morgan fingerprint density at radius 1 is 1.40 bits per heavy atom. The summed E-state index contributed by atoms with van der Waals surface area (Å²) in [4.78, 5) is 40.0. The van der Waals surface area contributed by atoms with E-state index in [4.69, 9.17) is 0 Å². The number of likely N-dealkylation sites (N-methyl/N-ethyl adjacent to an activating group) is 1. The fourth-order valence-corrected chi connectivity index (χ4v) is 1.60. The minimum absolute atomic E-state index is 0.217. The van der Waals surface area contributed by atoms with Crippen LogP contribution in [0.5, 0.6) is 0 Å². The molecule has 0 unspecified atom stereocenters. The van der Waals surface area contributed by atoms with Gasteiger partial charge in [-0.1, -0.05) is 0 Å². The van der Waals surface area contributed by atoms with Crippen LogP contribution in [-0.4, -0.2) is 42.8 Å². The Hall–Kier alpha value is -2.71. The van der Waals surface area contributed by atoms with Crippen LogP contribution in [0.3, 0.4) is 0 Å². The average Bonchev–Trinajstić information content (AvgIpc) is 2.79. The van der Waals surface area contributed by atoms with E-state index >= 15 is 0 Å². The molecule has 0 saturated carbocycles. The number of nitrogens with zero attached hydrogens (tertiary/aromatic N) is 4. The van der Waals surface area contributed by atoms with E-state index in [1.807, 2.05) is 0 Å². The monoisotopic (exact) mass is 278 g/mol. The largest absolute Gasteiger partial charge is 0.337 e. The van der Waals surface area contributed by atoms with Crippen molar-refractivity contribution in [1.82, 2.24) is 29.9 Å². The molecule has 0 aliphatic heterocycles. The zero-order valence-electron chi connectivity index (χ0n) is 11.1. The lowest BCUT2D eigenvalue weighted by Crippen LogP contribution is -2.36. The van der Waals surface area contributed by atoms with Crippen molar-refractivity contribution in [3.8, 4) is 0 Å². The Morgan fingerprint density at radius 3 is 2.80 bits per heavy atom. The highest BCUT2D eigenvalue weighted by Gasteiger charge is 2.13. The van der Waals surface area contributed by atoms with Crippen molar-refractivity contribution in [1.29, 1.82) is 0 Å². The highest BCUT2D eigenvalue weighted by molar-refractivity contribution is 5.75. The van der Waals surface area contributed by atoms with E-state index in [2.05, 4.69) is 20.3 Å². The summed E-state index contributed by atoms with van der Waals surface area (Å²) >= 11 is 0. The van der Waals surface area contributed by atoms with Gasteiger partial charge < -0.3 is 4.90 Å². The van der Waals surface area contributed by atoms with E-state index < -0.39 is 11.1 Å². The van der Waals surface area contributed by atoms with Crippen molar-refractivity contribution < 1.29 is 4.79 Å². The highest BCUT2D eigenvalue weighted by atomic mass is 16.2. The van der Waals surface area contributed by atoms with E-state index in [0.717, 1.165) is 16.8 Å². The second kappa shape index (κ2) is 5.51. The Balaban J connectivity index is 2.06. The minimum Gasteiger partial charge on any atom is -0.337 e. The lowest BCUT2D eigenvalue weighted by atomic mass is 10.4. The molecule has 2 rings (SSSR count).